The van der Waals surface area contributed by atoms with E-state index in [1.807, 2.05) is 6.92 Å². The van der Waals surface area contributed by atoms with Crippen molar-refractivity contribution >= 4 is 11.6 Å². The molecule has 0 aromatic heterocycles. The summed E-state index contributed by atoms with van der Waals surface area (Å²) in [5.41, 5.74) is 0.150. The number of piperidine rings is 1. The van der Waals surface area contributed by atoms with Gasteiger partial charge in [0, 0.05) is 11.8 Å². The van der Waals surface area contributed by atoms with Gasteiger partial charge in [-0.3, -0.25) is 4.79 Å². The van der Waals surface area contributed by atoms with Gasteiger partial charge in [0.05, 0.1) is 6.04 Å². The topological polar surface area (TPSA) is 41.1 Å². The Morgan fingerprint density at radius 2 is 2.00 bits per heavy atom. The summed E-state index contributed by atoms with van der Waals surface area (Å²) in [5, 5.41) is 5.66. The molecule has 18 heavy (non-hydrogen) atoms. The number of anilines is 1. The normalized spacial score (nSPS) is 23.7. The number of nitrogens with one attached hydrogen (secondary N) is 2. The zero-order valence-corrected chi connectivity index (χ0v) is 10.2. The summed E-state index contributed by atoms with van der Waals surface area (Å²) in [4.78, 5) is 12.0. The van der Waals surface area contributed by atoms with E-state index in [-0.39, 0.29) is 23.6 Å². The smallest absolute Gasteiger partial charge is 0.241 e. The van der Waals surface area contributed by atoms with Crippen LogP contribution in [0.15, 0.2) is 18.2 Å². The molecule has 1 aromatic rings. The summed E-state index contributed by atoms with van der Waals surface area (Å²) in [7, 11) is 0. The van der Waals surface area contributed by atoms with E-state index in [0.29, 0.717) is 0 Å². The average Bonchev–Trinajstić information content (AvgIpc) is 2.27. The first-order chi connectivity index (χ1) is 8.56. The van der Waals surface area contributed by atoms with Gasteiger partial charge in [0.15, 0.2) is 0 Å². The minimum Gasteiger partial charge on any atom is -0.325 e. The molecule has 1 aromatic carbocycles. The van der Waals surface area contributed by atoms with Crippen LogP contribution < -0.4 is 10.6 Å². The lowest BCUT2D eigenvalue weighted by molar-refractivity contribution is -0.119. The van der Waals surface area contributed by atoms with Gasteiger partial charge in [0.1, 0.15) is 11.6 Å². The van der Waals surface area contributed by atoms with Crippen molar-refractivity contribution < 1.29 is 13.6 Å². The molecule has 3 nitrogen and oxygen atoms in total. The molecule has 1 aliphatic heterocycles. The Balaban J connectivity index is 2.06. The monoisotopic (exact) mass is 254 g/mol. The summed E-state index contributed by atoms with van der Waals surface area (Å²) >= 11 is 0. The zero-order valence-electron chi connectivity index (χ0n) is 10.2. The van der Waals surface area contributed by atoms with Crippen LogP contribution in [0, 0.1) is 17.6 Å². The van der Waals surface area contributed by atoms with Crippen molar-refractivity contribution in [2.24, 2.45) is 5.92 Å². The Kier molecular flexibility index (Phi) is 3.91. The number of carbonyl (C=O) groups excluding carboxylic acids is 1. The highest BCUT2D eigenvalue weighted by Gasteiger charge is 2.27. The maximum Gasteiger partial charge on any atom is 0.241 e. The SMILES string of the molecule is CC1CCCNC1C(=O)Nc1cc(F)cc(F)c1. The molecule has 0 spiro atoms. The second-order valence-electron chi connectivity index (χ2n) is 4.70. The largest absolute Gasteiger partial charge is 0.325 e. The molecule has 0 aliphatic carbocycles. The van der Waals surface area contributed by atoms with Crippen LogP contribution in [-0.2, 0) is 4.79 Å². The van der Waals surface area contributed by atoms with E-state index in [1.165, 1.54) is 0 Å². The minimum atomic E-state index is -0.699. The van der Waals surface area contributed by atoms with Gasteiger partial charge >= 0.3 is 0 Å². The summed E-state index contributed by atoms with van der Waals surface area (Å²) in [5.74, 6) is -1.42. The third-order valence-electron chi connectivity index (χ3n) is 3.18. The summed E-state index contributed by atoms with van der Waals surface area (Å²) in [6, 6.07) is 2.69. The first-order valence-electron chi connectivity index (χ1n) is 6.06. The predicted octanol–water partition coefficient (Wildman–Crippen LogP) is 2.29. The van der Waals surface area contributed by atoms with Crippen LogP contribution in [0.3, 0.4) is 0 Å². The standard InChI is InChI=1S/C13H16F2N2O/c1-8-3-2-4-16-12(8)13(18)17-11-6-9(14)5-10(15)7-11/h5-8,12,16H,2-4H2,1H3,(H,17,18). The van der Waals surface area contributed by atoms with Crippen molar-refractivity contribution in [3.63, 3.8) is 0 Å². The van der Waals surface area contributed by atoms with Crippen molar-refractivity contribution in [2.75, 3.05) is 11.9 Å². The van der Waals surface area contributed by atoms with E-state index < -0.39 is 11.6 Å². The molecule has 2 rings (SSSR count). The lowest BCUT2D eigenvalue weighted by atomic mass is 9.92. The molecule has 0 radical (unpaired) electrons. The van der Waals surface area contributed by atoms with Crippen molar-refractivity contribution in [3.8, 4) is 0 Å². The first-order valence-corrected chi connectivity index (χ1v) is 6.06. The van der Waals surface area contributed by atoms with Gasteiger partial charge in [-0.05, 0) is 37.4 Å². The van der Waals surface area contributed by atoms with Crippen molar-refractivity contribution in [3.05, 3.63) is 29.8 Å². The Morgan fingerprint density at radius 1 is 1.33 bits per heavy atom. The lowest BCUT2D eigenvalue weighted by Gasteiger charge is -2.28. The summed E-state index contributed by atoms with van der Waals surface area (Å²) < 4.78 is 26.0. The molecular weight excluding hydrogens is 238 g/mol. The highest BCUT2D eigenvalue weighted by Crippen LogP contribution is 2.18. The number of amides is 1. The molecule has 1 fully saturated rings. The van der Waals surface area contributed by atoms with Gasteiger partial charge in [-0.2, -0.15) is 0 Å². The highest BCUT2D eigenvalue weighted by molar-refractivity contribution is 5.95. The van der Waals surface area contributed by atoms with Crippen LogP contribution in [0.4, 0.5) is 14.5 Å². The summed E-state index contributed by atoms with van der Waals surface area (Å²) in [6.45, 7) is 2.78. The fourth-order valence-electron chi connectivity index (χ4n) is 2.25. The van der Waals surface area contributed by atoms with Crippen LogP contribution in [0.5, 0.6) is 0 Å². The number of hydrogen-bond donors (Lipinski definition) is 2. The number of halogens is 2. The van der Waals surface area contributed by atoms with E-state index in [4.69, 9.17) is 0 Å². The predicted molar refractivity (Wildman–Crippen MR) is 65.2 cm³/mol. The van der Waals surface area contributed by atoms with E-state index in [2.05, 4.69) is 10.6 Å². The average molecular weight is 254 g/mol. The van der Waals surface area contributed by atoms with E-state index in [0.717, 1.165) is 37.6 Å². The second kappa shape index (κ2) is 5.44. The van der Waals surface area contributed by atoms with Gasteiger partial charge in [0.2, 0.25) is 5.91 Å². The van der Waals surface area contributed by atoms with E-state index in [9.17, 15) is 13.6 Å². The number of carbonyl (C=O) groups is 1. The molecule has 2 unspecified atom stereocenters. The third-order valence-corrected chi connectivity index (χ3v) is 3.18. The van der Waals surface area contributed by atoms with E-state index >= 15 is 0 Å². The van der Waals surface area contributed by atoms with Crippen molar-refractivity contribution in [2.45, 2.75) is 25.8 Å². The molecule has 1 saturated heterocycles. The fourth-order valence-corrected chi connectivity index (χ4v) is 2.25. The van der Waals surface area contributed by atoms with Crippen LogP contribution in [-0.4, -0.2) is 18.5 Å². The summed E-state index contributed by atoms with van der Waals surface area (Å²) in [6.07, 6.45) is 2.02. The Bertz CT molecular complexity index is 430. The molecule has 0 bridgehead atoms. The highest BCUT2D eigenvalue weighted by atomic mass is 19.1. The molecule has 1 aliphatic rings. The van der Waals surface area contributed by atoms with E-state index in [1.54, 1.807) is 0 Å². The van der Waals surface area contributed by atoms with Crippen LogP contribution in [0.2, 0.25) is 0 Å². The van der Waals surface area contributed by atoms with Crippen LogP contribution in [0.1, 0.15) is 19.8 Å². The molecule has 98 valence electrons. The third kappa shape index (κ3) is 3.04. The first kappa shape index (κ1) is 13.0. The van der Waals surface area contributed by atoms with Gasteiger partial charge < -0.3 is 10.6 Å². The number of hydrogen-bond acceptors (Lipinski definition) is 2. The maximum absolute atomic E-state index is 13.0. The molecule has 1 amide bonds. The quantitative estimate of drug-likeness (QED) is 0.850. The second-order valence-corrected chi connectivity index (χ2v) is 4.70. The van der Waals surface area contributed by atoms with Gasteiger partial charge in [-0.1, -0.05) is 6.92 Å². The van der Waals surface area contributed by atoms with Gasteiger partial charge in [0.25, 0.3) is 0 Å². The zero-order chi connectivity index (χ0) is 13.1. The molecular formula is C13H16F2N2O. The maximum atomic E-state index is 13.0. The number of benzene rings is 1. The molecule has 2 N–H and O–H groups in total. The van der Waals surface area contributed by atoms with Crippen LogP contribution >= 0.6 is 0 Å². The lowest BCUT2D eigenvalue weighted by Crippen LogP contribution is -2.48. The molecule has 0 saturated carbocycles. The van der Waals surface area contributed by atoms with Gasteiger partial charge in [-0.15, -0.1) is 0 Å². The van der Waals surface area contributed by atoms with Crippen LogP contribution in [0.25, 0.3) is 0 Å². The molecule has 2 atom stereocenters. The Morgan fingerprint density at radius 3 is 2.61 bits per heavy atom. The van der Waals surface area contributed by atoms with Gasteiger partial charge in [-0.25, -0.2) is 8.78 Å². The minimum absolute atomic E-state index is 0.150. The fraction of sp³-hybridized carbons (Fsp3) is 0.462. The molecule has 1 heterocycles. The number of rotatable bonds is 2. The van der Waals surface area contributed by atoms with Crippen molar-refractivity contribution in [1.82, 2.24) is 5.32 Å². The molecule has 5 heteroatoms. The Hall–Kier alpha value is -1.49. The Labute approximate surface area is 105 Å². The van der Waals surface area contributed by atoms with Crippen molar-refractivity contribution in [1.29, 1.82) is 0 Å².